The molecule has 0 saturated carbocycles. The second kappa shape index (κ2) is 10.2. The van der Waals surface area contributed by atoms with Gasteiger partial charge in [-0.05, 0) is 72.3 Å². The lowest BCUT2D eigenvalue weighted by molar-refractivity contribution is 0.829. The lowest BCUT2D eigenvalue weighted by Gasteiger charge is -2.11. The van der Waals surface area contributed by atoms with Crippen LogP contribution in [0, 0.1) is 0 Å². The molecular weight excluding hydrogens is 462 g/mol. The van der Waals surface area contributed by atoms with Gasteiger partial charge in [0.05, 0.1) is 16.9 Å². The van der Waals surface area contributed by atoms with Crippen LogP contribution >= 0.6 is 11.3 Å². The Morgan fingerprint density at radius 2 is 1.97 bits per heavy atom. The highest BCUT2D eigenvalue weighted by Gasteiger charge is 2.15. The first-order chi connectivity index (χ1) is 17.6. The summed E-state index contributed by atoms with van der Waals surface area (Å²) in [5.41, 5.74) is 10.1. The fraction of sp³-hybridized carbons (Fsp3) is 0.133. The van der Waals surface area contributed by atoms with Crippen molar-refractivity contribution in [2.45, 2.75) is 26.7 Å². The Labute approximate surface area is 215 Å². The number of hydrogen-bond donors (Lipinski definition) is 3. The van der Waals surface area contributed by atoms with Crippen LogP contribution in [-0.2, 0) is 0 Å². The summed E-state index contributed by atoms with van der Waals surface area (Å²) in [4.78, 5) is 8.20. The number of hydrogen-bond acceptors (Lipinski definition) is 4. The molecule has 0 aliphatic rings. The van der Waals surface area contributed by atoms with Crippen molar-refractivity contribution < 1.29 is 0 Å². The van der Waals surface area contributed by atoms with E-state index in [2.05, 4.69) is 98.8 Å². The highest BCUT2D eigenvalue weighted by atomic mass is 32.1. The van der Waals surface area contributed by atoms with Crippen molar-refractivity contribution in [3.63, 3.8) is 0 Å². The van der Waals surface area contributed by atoms with Crippen LogP contribution in [0.3, 0.4) is 0 Å². The third-order valence-electron chi connectivity index (χ3n) is 6.21. The zero-order chi connectivity index (χ0) is 25.1. The van der Waals surface area contributed by atoms with Gasteiger partial charge in [0.25, 0.3) is 0 Å². The molecule has 6 heteroatoms. The van der Waals surface area contributed by atoms with Crippen molar-refractivity contribution in [2.24, 2.45) is 0 Å². The highest BCUT2D eigenvalue weighted by Crippen LogP contribution is 2.34. The molecule has 5 aromatic rings. The summed E-state index contributed by atoms with van der Waals surface area (Å²) < 4.78 is 0. The lowest BCUT2D eigenvalue weighted by Crippen LogP contribution is -2.10. The van der Waals surface area contributed by atoms with Gasteiger partial charge < -0.3 is 10.3 Å². The minimum atomic E-state index is 0.886. The predicted octanol–water partition coefficient (Wildman–Crippen LogP) is 8.21. The number of benzene rings is 1. The molecular formula is C30H29N5S. The Hall–Kier alpha value is -4.16. The van der Waals surface area contributed by atoms with Gasteiger partial charge >= 0.3 is 0 Å². The van der Waals surface area contributed by atoms with Crippen molar-refractivity contribution in [1.29, 1.82) is 0 Å². The number of aromatic nitrogens is 4. The smallest absolute Gasteiger partial charge is 0.116 e. The third kappa shape index (κ3) is 4.55. The number of pyridine rings is 1. The van der Waals surface area contributed by atoms with E-state index in [9.17, 15) is 0 Å². The van der Waals surface area contributed by atoms with Gasteiger partial charge in [-0.25, -0.2) is 0 Å². The van der Waals surface area contributed by atoms with Crippen LogP contribution in [-0.4, -0.2) is 20.2 Å². The molecule has 36 heavy (non-hydrogen) atoms. The van der Waals surface area contributed by atoms with Crippen LogP contribution in [0.1, 0.15) is 32.3 Å². The van der Waals surface area contributed by atoms with Gasteiger partial charge in [-0.1, -0.05) is 38.6 Å². The zero-order valence-electron chi connectivity index (χ0n) is 20.6. The highest BCUT2D eigenvalue weighted by molar-refractivity contribution is 7.08. The second-order valence-corrected chi connectivity index (χ2v) is 9.45. The molecule has 4 aromatic heterocycles. The molecule has 3 N–H and O–H groups in total. The number of nitrogens with zero attached hydrogens (tertiary/aromatic N) is 2. The van der Waals surface area contributed by atoms with Gasteiger partial charge in [0, 0.05) is 44.8 Å². The number of nitrogens with one attached hydrogen (secondary N) is 3. The summed E-state index contributed by atoms with van der Waals surface area (Å²) >= 11 is 1.67. The Morgan fingerprint density at radius 1 is 1.11 bits per heavy atom. The van der Waals surface area contributed by atoms with E-state index in [0.29, 0.717) is 0 Å². The summed E-state index contributed by atoms with van der Waals surface area (Å²) in [6.07, 6.45) is 9.87. The molecule has 0 amide bonds. The topological polar surface area (TPSA) is 69.4 Å². The minimum Gasteiger partial charge on any atom is -0.359 e. The number of H-pyrrole nitrogens is 2. The number of allylic oxidation sites excluding steroid dienone is 5. The first-order valence-electron chi connectivity index (χ1n) is 12.1. The van der Waals surface area contributed by atoms with E-state index in [-0.39, 0.29) is 0 Å². The van der Waals surface area contributed by atoms with Gasteiger partial charge in [-0.15, -0.1) is 0 Å². The van der Waals surface area contributed by atoms with Crippen molar-refractivity contribution in [3.8, 4) is 22.6 Å². The average molecular weight is 492 g/mol. The molecule has 5 nitrogen and oxygen atoms in total. The summed E-state index contributed by atoms with van der Waals surface area (Å²) in [7, 11) is 0. The molecule has 0 saturated heterocycles. The van der Waals surface area contributed by atoms with E-state index < -0.39 is 0 Å². The average Bonchev–Trinajstić information content (AvgIpc) is 3.65. The Morgan fingerprint density at radius 3 is 2.72 bits per heavy atom. The molecule has 5 rings (SSSR count). The molecule has 0 radical (unpaired) electrons. The first kappa shape index (κ1) is 23.6. The SMILES string of the molecule is C=C/C(=C\C(=C/C)c1ccc2[nH]nc(-c3cc4c(-c5ccsc5)nccc4[nH]3)c2c1)NC(=C)CCC. The van der Waals surface area contributed by atoms with Gasteiger partial charge in [-0.2, -0.15) is 16.4 Å². The van der Waals surface area contributed by atoms with Gasteiger partial charge in [-0.3, -0.25) is 10.1 Å². The number of fused-ring (bicyclic) bond motifs is 2. The quantitative estimate of drug-likeness (QED) is 0.182. The lowest BCUT2D eigenvalue weighted by atomic mass is 10.0. The van der Waals surface area contributed by atoms with E-state index in [0.717, 1.165) is 79.8 Å². The number of rotatable bonds is 9. The van der Waals surface area contributed by atoms with E-state index in [4.69, 9.17) is 0 Å². The fourth-order valence-electron chi connectivity index (χ4n) is 4.42. The molecule has 0 spiro atoms. The zero-order valence-corrected chi connectivity index (χ0v) is 21.4. The molecule has 180 valence electrons. The fourth-order valence-corrected chi connectivity index (χ4v) is 5.07. The standard InChI is InChI=1S/C30H29N5S/c1-5-8-19(4)32-23(7-3)15-20(6-2)21-9-10-27-24(16-21)30(35-34-27)28-17-25-26(33-28)11-13-31-29(25)22-12-14-36-18-22/h6-7,9-18,32-33H,3-5,8H2,1-2H3,(H,34,35)/b20-6+,23-15+. The third-order valence-corrected chi connectivity index (χ3v) is 6.89. The maximum absolute atomic E-state index is 4.67. The van der Waals surface area contributed by atoms with Crippen LogP contribution in [0.4, 0.5) is 0 Å². The molecule has 0 fully saturated rings. The minimum absolute atomic E-state index is 0.886. The second-order valence-electron chi connectivity index (χ2n) is 8.67. The largest absolute Gasteiger partial charge is 0.359 e. The summed E-state index contributed by atoms with van der Waals surface area (Å²) in [5, 5.41) is 17.6. The summed E-state index contributed by atoms with van der Waals surface area (Å²) in [6.45, 7) is 12.3. The predicted molar refractivity (Wildman–Crippen MR) is 154 cm³/mol. The molecule has 4 heterocycles. The molecule has 0 atom stereocenters. The maximum atomic E-state index is 4.67. The van der Waals surface area contributed by atoms with Gasteiger partial charge in [0.1, 0.15) is 5.69 Å². The Kier molecular flexibility index (Phi) is 6.69. The van der Waals surface area contributed by atoms with E-state index in [1.807, 2.05) is 25.3 Å². The van der Waals surface area contributed by atoms with Crippen LogP contribution < -0.4 is 5.32 Å². The van der Waals surface area contributed by atoms with Crippen molar-refractivity contribution in [1.82, 2.24) is 25.5 Å². The van der Waals surface area contributed by atoms with Crippen LogP contribution in [0.5, 0.6) is 0 Å². The monoisotopic (exact) mass is 491 g/mol. The Balaban J connectivity index is 1.54. The number of thiophene rings is 1. The summed E-state index contributed by atoms with van der Waals surface area (Å²) in [5.74, 6) is 0. The Bertz CT molecular complexity index is 1610. The molecule has 0 aliphatic carbocycles. The van der Waals surface area contributed by atoms with E-state index >= 15 is 0 Å². The molecule has 0 bridgehead atoms. The van der Waals surface area contributed by atoms with Gasteiger partial charge in [0.15, 0.2) is 0 Å². The van der Waals surface area contributed by atoms with Crippen molar-refractivity contribution in [3.05, 3.63) is 102 Å². The number of aromatic amines is 2. The molecule has 1 aromatic carbocycles. The van der Waals surface area contributed by atoms with E-state index in [1.165, 1.54) is 0 Å². The van der Waals surface area contributed by atoms with Crippen molar-refractivity contribution >= 4 is 38.7 Å². The maximum Gasteiger partial charge on any atom is 0.116 e. The van der Waals surface area contributed by atoms with Crippen LogP contribution in [0.15, 0.2) is 96.1 Å². The van der Waals surface area contributed by atoms with E-state index in [1.54, 1.807) is 11.3 Å². The van der Waals surface area contributed by atoms with Crippen LogP contribution in [0.25, 0.3) is 50.0 Å². The summed E-state index contributed by atoms with van der Waals surface area (Å²) in [6, 6.07) is 12.6. The normalized spacial score (nSPS) is 12.4. The molecule has 0 unspecified atom stereocenters. The first-order valence-corrected chi connectivity index (χ1v) is 13.0. The van der Waals surface area contributed by atoms with Crippen LogP contribution in [0.2, 0.25) is 0 Å². The van der Waals surface area contributed by atoms with Crippen molar-refractivity contribution in [2.75, 3.05) is 0 Å². The van der Waals surface area contributed by atoms with Gasteiger partial charge in [0.2, 0.25) is 0 Å². The molecule has 0 aliphatic heterocycles.